The van der Waals surface area contributed by atoms with Crippen LogP contribution in [0.15, 0.2) is 36.7 Å². The second-order valence-corrected chi connectivity index (χ2v) is 8.92. The molecule has 0 radical (unpaired) electrons. The van der Waals surface area contributed by atoms with Crippen LogP contribution < -0.4 is 10.1 Å². The van der Waals surface area contributed by atoms with E-state index in [1.165, 1.54) is 12.4 Å². The van der Waals surface area contributed by atoms with E-state index >= 15 is 0 Å². The van der Waals surface area contributed by atoms with Gasteiger partial charge in [0, 0.05) is 11.1 Å². The van der Waals surface area contributed by atoms with Gasteiger partial charge >= 0.3 is 6.01 Å². The minimum absolute atomic E-state index is 0.0704. The topological polar surface area (TPSA) is 64.1 Å². The van der Waals surface area contributed by atoms with Crippen molar-refractivity contribution in [3.8, 4) is 6.01 Å². The van der Waals surface area contributed by atoms with E-state index in [1.807, 2.05) is 24.3 Å². The average molecular weight is 434 g/mol. The molecule has 1 aromatic heterocycles. The second kappa shape index (κ2) is 8.88. The molecule has 2 aliphatic rings. The molecule has 7 heteroatoms. The number of rotatable bonds is 5. The molecule has 2 saturated carbocycles. The second-order valence-electron chi connectivity index (χ2n) is 8.04. The monoisotopic (exact) mass is 433 g/mol. The summed E-state index contributed by atoms with van der Waals surface area (Å²) in [5, 5.41) is 4.52. The minimum atomic E-state index is -0.422. The van der Waals surface area contributed by atoms with Crippen molar-refractivity contribution in [2.45, 2.75) is 68.9 Å². The predicted octanol–water partition coefficient (Wildman–Crippen LogP) is 5.10. The molecule has 2 aromatic rings. The summed E-state index contributed by atoms with van der Waals surface area (Å²) in [6, 6.07) is 8.30. The molecule has 1 aromatic carbocycles. The highest BCUT2D eigenvalue weighted by Gasteiger charge is 2.43. The lowest BCUT2D eigenvalue weighted by molar-refractivity contribution is -0.127. The maximum absolute atomic E-state index is 13.3. The number of benzene rings is 1. The van der Waals surface area contributed by atoms with Crippen LogP contribution in [-0.2, 0) is 10.2 Å². The van der Waals surface area contributed by atoms with Gasteiger partial charge in [-0.15, -0.1) is 0 Å². The lowest BCUT2D eigenvalue weighted by Gasteiger charge is -2.34. The van der Waals surface area contributed by atoms with Gasteiger partial charge in [-0.05, 0) is 56.2 Å². The summed E-state index contributed by atoms with van der Waals surface area (Å²) in [6.07, 6.45) is 10.6. The van der Waals surface area contributed by atoms with Crippen LogP contribution in [0.3, 0.4) is 0 Å². The number of amides is 1. The number of nitrogens with zero attached hydrogens (tertiary/aromatic N) is 2. The fourth-order valence-electron chi connectivity index (χ4n) is 4.55. The van der Waals surface area contributed by atoms with Crippen LogP contribution in [0.25, 0.3) is 0 Å². The largest absolute Gasteiger partial charge is 0.460 e. The van der Waals surface area contributed by atoms with Crippen molar-refractivity contribution in [2.75, 3.05) is 0 Å². The number of carbonyl (C=O) groups is 1. The highest BCUT2D eigenvalue weighted by molar-refractivity contribution is 6.30. The van der Waals surface area contributed by atoms with Crippen LogP contribution in [0, 0.1) is 0 Å². The molecule has 1 heterocycles. The van der Waals surface area contributed by atoms with Crippen LogP contribution in [0.1, 0.15) is 56.9 Å². The fraction of sp³-hybridized carbons (Fsp3) is 0.500. The molecular formula is C22H25Cl2N3O2. The van der Waals surface area contributed by atoms with Crippen LogP contribution in [0.4, 0.5) is 0 Å². The third-order valence-corrected chi connectivity index (χ3v) is 6.61. The van der Waals surface area contributed by atoms with Gasteiger partial charge in [0.05, 0.1) is 22.8 Å². The van der Waals surface area contributed by atoms with Gasteiger partial charge in [-0.3, -0.25) is 4.79 Å². The van der Waals surface area contributed by atoms with Gasteiger partial charge < -0.3 is 10.1 Å². The Balaban J connectivity index is 1.35. The average Bonchev–Trinajstić information content (AvgIpc) is 3.23. The van der Waals surface area contributed by atoms with Crippen molar-refractivity contribution < 1.29 is 9.53 Å². The Morgan fingerprint density at radius 2 is 1.59 bits per heavy atom. The van der Waals surface area contributed by atoms with Gasteiger partial charge in [-0.1, -0.05) is 48.2 Å². The van der Waals surface area contributed by atoms with Gasteiger partial charge in [0.15, 0.2) is 0 Å². The molecule has 4 rings (SSSR count). The maximum atomic E-state index is 13.3. The van der Waals surface area contributed by atoms with Gasteiger partial charge in [-0.2, -0.15) is 0 Å². The van der Waals surface area contributed by atoms with Crippen molar-refractivity contribution >= 4 is 29.1 Å². The zero-order chi connectivity index (χ0) is 20.3. The standard InChI is InChI=1S/C22H25Cl2N3O2/c23-16-5-3-15(4-6-16)22(11-1-2-12-22)20(28)27-18-7-9-19(10-8-18)29-21-25-13-17(24)14-26-21/h3-6,13-14,18-19H,1-2,7-12H2,(H,27,28). The summed E-state index contributed by atoms with van der Waals surface area (Å²) < 4.78 is 5.86. The Bertz CT molecular complexity index is 828. The Morgan fingerprint density at radius 1 is 0.966 bits per heavy atom. The van der Waals surface area contributed by atoms with Crippen LogP contribution in [0.5, 0.6) is 6.01 Å². The van der Waals surface area contributed by atoms with Crippen LogP contribution in [0.2, 0.25) is 10.0 Å². The summed E-state index contributed by atoms with van der Waals surface area (Å²) in [4.78, 5) is 21.5. The smallest absolute Gasteiger partial charge is 0.316 e. The summed E-state index contributed by atoms with van der Waals surface area (Å²) in [7, 11) is 0. The van der Waals surface area contributed by atoms with E-state index < -0.39 is 5.41 Å². The van der Waals surface area contributed by atoms with Gasteiger partial charge in [0.2, 0.25) is 5.91 Å². The molecular weight excluding hydrogens is 409 g/mol. The molecule has 2 aliphatic carbocycles. The number of hydrogen-bond donors (Lipinski definition) is 1. The maximum Gasteiger partial charge on any atom is 0.316 e. The Kier molecular flexibility index (Phi) is 6.26. The number of nitrogens with one attached hydrogen (secondary N) is 1. The van der Waals surface area contributed by atoms with Gasteiger partial charge in [0.1, 0.15) is 6.10 Å². The Morgan fingerprint density at radius 3 is 2.21 bits per heavy atom. The number of halogens is 2. The van der Waals surface area contributed by atoms with Crippen molar-refractivity contribution in [1.82, 2.24) is 15.3 Å². The molecule has 154 valence electrons. The first-order valence-electron chi connectivity index (χ1n) is 10.3. The number of hydrogen-bond acceptors (Lipinski definition) is 4. The lowest BCUT2D eigenvalue weighted by atomic mass is 9.77. The summed E-state index contributed by atoms with van der Waals surface area (Å²) in [5.41, 5.74) is 0.656. The molecule has 5 nitrogen and oxygen atoms in total. The number of aromatic nitrogens is 2. The third-order valence-electron chi connectivity index (χ3n) is 6.17. The van der Waals surface area contributed by atoms with Crippen molar-refractivity contribution in [1.29, 1.82) is 0 Å². The Hall–Kier alpha value is -1.85. The number of carbonyl (C=O) groups excluding carboxylic acids is 1. The van der Waals surface area contributed by atoms with Crippen molar-refractivity contribution in [2.24, 2.45) is 0 Å². The zero-order valence-electron chi connectivity index (χ0n) is 16.2. The number of ether oxygens (including phenoxy) is 1. The van der Waals surface area contributed by atoms with E-state index in [0.29, 0.717) is 16.1 Å². The first-order valence-corrected chi connectivity index (χ1v) is 11.0. The Labute approximate surface area is 181 Å². The molecule has 0 spiro atoms. The minimum Gasteiger partial charge on any atom is -0.460 e. The quantitative estimate of drug-likeness (QED) is 0.711. The lowest BCUT2D eigenvalue weighted by Crippen LogP contribution is -2.48. The molecule has 1 N–H and O–H groups in total. The van der Waals surface area contributed by atoms with E-state index in [-0.39, 0.29) is 18.1 Å². The van der Waals surface area contributed by atoms with Crippen molar-refractivity contribution in [3.05, 3.63) is 52.3 Å². The SMILES string of the molecule is O=C(NC1CCC(Oc2ncc(Cl)cn2)CC1)C1(c2ccc(Cl)cc2)CCCC1. The molecule has 0 saturated heterocycles. The van der Waals surface area contributed by atoms with Gasteiger partial charge in [-0.25, -0.2) is 9.97 Å². The summed E-state index contributed by atoms with van der Waals surface area (Å²) in [5.74, 6) is 0.155. The highest BCUT2D eigenvalue weighted by atomic mass is 35.5. The molecule has 0 atom stereocenters. The van der Waals surface area contributed by atoms with Gasteiger partial charge in [0.25, 0.3) is 0 Å². The van der Waals surface area contributed by atoms with E-state index in [0.717, 1.165) is 56.9 Å². The molecule has 0 aliphatic heterocycles. The van der Waals surface area contributed by atoms with E-state index in [9.17, 15) is 4.79 Å². The van der Waals surface area contributed by atoms with Crippen LogP contribution >= 0.6 is 23.2 Å². The summed E-state index contributed by atoms with van der Waals surface area (Å²) in [6.45, 7) is 0. The first kappa shape index (κ1) is 20.4. The molecule has 2 fully saturated rings. The van der Waals surface area contributed by atoms with E-state index in [4.69, 9.17) is 27.9 Å². The van der Waals surface area contributed by atoms with E-state index in [2.05, 4.69) is 15.3 Å². The molecule has 0 bridgehead atoms. The fourth-order valence-corrected chi connectivity index (χ4v) is 4.78. The molecule has 1 amide bonds. The van der Waals surface area contributed by atoms with Crippen molar-refractivity contribution in [3.63, 3.8) is 0 Å². The molecule has 0 unspecified atom stereocenters. The molecule has 29 heavy (non-hydrogen) atoms. The summed E-state index contributed by atoms with van der Waals surface area (Å²) >= 11 is 11.9. The predicted molar refractivity (Wildman–Crippen MR) is 113 cm³/mol. The van der Waals surface area contributed by atoms with Crippen LogP contribution in [-0.4, -0.2) is 28.0 Å². The third kappa shape index (κ3) is 4.67. The van der Waals surface area contributed by atoms with E-state index in [1.54, 1.807) is 0 Å². The first-order chi connectivity index (χ1) is 14.0. The highest BCUT2D eigenvalue weighted by Crippen LogP contribution is 2.42. The normalized spacial score (nSPS) is 23.5. The zero-order valence-corrected chi connectivity index (χ0v) is 17.8.